The highest BCUT2D eigenvalue weighted by Gasteiger charge is 2.29. The Balaban J connectivity index is 2.41. The molecule has 0 amide bonds. The van der Waals surface area contributed by atoms with Gasteiger partial charge in [0.1, 0.15) is 0 Å². The molecule has 1 aliphatic heterocycles. The van der Waals surface area contributed by atoms with E-state index in [2.05, 4.69) is 61.9 Å². The lowest BCUT2D eigenvalue weighted by atomic mass is 10.1. The molecule has 0 aromatic heterocycles. The van der Waals surface area contributed by atoms with Gasteiger partial charge < -0.3 is 10.6 Å². The fourth-order valence-corrected chi connectivity index (χ4v) is 3.87. The zero-order valence-electron chi connectivity index (χ0n) is 14.5. The Morgan fingerprint density at radius 1 is 1.33 bits per heavy atom. The molecule has 2 N–H and O–H groups in total. The molecule has 0 aliphatic carbocycles. The molecular weight excluding hydrogens is 280 g/mol. The summed E-state index contributed by atoms with van der Waals surface area (Å²) < 4.78 is 0.343. The average molecular weight is 315 g/mol. The third-order valence-electron chi connectivity index (χ3n) is 4.04. The van der Waals surface area contributed by atoms with E-state index in [0.717, 1.165) is 38.7 Å². The average Bonchev–Trinajstić information content (AvgIpc) is 2.87. The number of thioether (sulfide) groups is 1. The van der Waals surface area contributed by atoms with Gasteiger partial charge in [0.2, 0.25) is 0 Å². The lowest BCUT2D eigenvalue weighted by Crippen LogP contribution is -2.43. The molecule has 1 aliphatic rings. The van der Waals surface area contributed by atoms with Crippen LogP contribution in [0.25, 0.3) is 0 Å². The molecule has 0 saturated carbocycles. The molecule has 5 heteroatoms. The first-order chi connectivity index (χ1) is 10.0. The van der Waals surface area contributed by atoms with E-state index in [-0.39, 0.29) is 0 Å². The van der Waals surface area contributed by atoms with Gasteiger partial charge in [-0.2, -0.15) is 11.8 Å². The summed E-state index contributed by atoms with van der Waals surface area (Å²) in [6, 6.07) is 0.602. The van der Waals surface area contributed by atoms with Gasteiger partial charge >= 0.3 is 0 Å². The van der Waals surface area contributed by atoms with Crippen molar-refractivity contribution in [1.82, 2.24) is 15.5 Å². The summed E-state index contributed by atoms with van der Waals surface area (Å²) >= 11 is 2.07. The summed E-state index contributed by atoms with van der Waals surface area (Å²) in [6.07, 6.45) is 2.62. The maximum Gasteiger partial charge on any atom is 0.191 e. The van der Waals surface area contributed by atoms with Crippen LogP contribution in [0.5, 0.6) is 0 Å². The highest BCUT2D eigenvalue weighted by molar-refractivity contribution is 8.00. The van der Waals surface area contributed by atoms with Crippen LogP contribution < -0.4 is 10.6 Å². The van der Waals surface area contributed by atoms with E-state index in [4.69, 9.17) is 4.99 Å². The smallest absolute Gasteiger partial charge is 0.191 e. The number of hydrogen-bond donors (Lipinski definition) is 2. The van der Waals surface area contributed by atoms with E-state index in [1.54, 1.807) is 0 Å². The fraction of sp³-hybridized carbons (Fsp3) is 0.938. The minimum atomic E-state index is 0.343. The van der Waals surface area contributed by atoms with Crippen LogP contribution in [0.2, 0.25) is 0 Å². The van der Waals surface area contributed by atoms with Gasteiger partial charge in [-0.05, 0) is 52.8 Å². The summed E-state index contributed by atoms with van der Waals surface area (Å²) in [5.74, 6) is 2.25. The Morgan fingerprint density at radius 3 is 2.62 bits per heavy atom. The second-order valence-corrected chi connectivity index (χ2v) is 7.93. The second-order valence-electron chi connectivity index (χ2n) is 6.25. The van der Waals surface area contributed by atoms with Crippen molar-refractivity contribution in [3.63, 3.8) is 0 Å². The number of guanidine groups is 1. The monoisotopic (exact) mass is 314 g/mol. The van der Waals surface area contributed by atoms with Crippen LogP contribution >= 0.6 is 11.8 Å². The largest absolute Gasteiger partial charge is 0.357 e. The predicted molar refractivity (Wildman–Crippen MR) is 96.5 cm³/mol. The first kappa shape index (κ1) is 18.6. The molecular formula is C16H34N4S. The van der Waals surface area contributed by atoms with E-state index >= 15 is 0 Å². The Labute approximate surface area is 135 Å². The Kier molecular flexibility index (Phi) is 8.49. The normalized spacial score (nSPS) is 23.1. The van der Waals surface area contributed by atoms with Crippen LogP contribution in [0.1, 0.15) is 47.5 Å². The van der Waals surface area contributed by atoms with Gasteiger partial charge in [-0.1, -0.05) is 6.92 Å². The van der Waals surface area contributed by atoms with E-state index in [1.807, 2.05) is 0 Å². The molecule has 1 heterocycles. The lowest BCUT2D eigenvalue weighted by molar-refractivity contribution is 0.237. The van der Waals surface area contributed by atoms with Crippen molar-refractivity contribution in [2.45, 2.75) is 58.2 Å². The van der Waals surface area contributed by atoms with Gasteiger partial charge in [0.05, 0.1) is 6.54 Å². The number of aliphatic imine (C=N–C) groups is 1. The van der Waals surface area contributed by atoms with Gasteiger partial charge in [-0.15, -0.1) is 0 Å². The molecule has 0 aromatic rings. The quantitative estimate of drug-likeness (QED) is 0.533. The van der Waals surface area contributed by atoms with Crippen molar-refractivity contribution in [2.24, 2.45) is 4.99 Å². The SMILES string of the molecule is CCNC(=NCC1(C)CCCS1)NCCN(CC)C(C)C. The minimum Gasteiger partial charge on any atom is -0.357 e. The molecule has 1 atom stereocenters. The third-order valence-corrected chi connectivity index (χ3v) is 5.57. The molecule has 1 unspecified atom stereocenters. The molecule has 124 valence electrons. The molecule has 0 bridgehead atoms. The second kappa shape index (κ2) is 9.57. The summed E-state index contributed by atoms with van der Waals surface area (Å²) in [5.41, 5.74) is 0. The fourth-order valence-electron chi connectivity index (χ4n) is 2.65. The van der Waals surface area contributed by atoms with Crippen LogP contribution in [0.15, 0.2) is 4.99 Å². The standard InChI is InChI=1S/C16H34N4S/c1-6-17-15(18-10-11-20(7-2)14(3)4)19-13-16(5)9-8-12-21-16/h14H,6-13H2,1-5H3,(H2,17,18,19). The molecule has 0 spiro atoms. The summed E-state index contributed by atoms with van der Waals surface area (Å²) in [6.45, 7) is 16.1. The Hall–Kier alpha value is -0.420. The van der Waals surface area contributed by atoms with Crippen LogP contribution in [0.3, 0.4) is 0 Å². The summed E-state index contributed by atoms with van der Waals surface area (Å²) in [7, 11) is 0. The maximum absolute atomic E-state index is 4.79. The van der Waals surface area contributed by atoms with Crippen LogP contribution in [-0.2, 0) is 0 Å². The summed E-state index contributed by atoms with van der Waals surface area (Å²) in [4.78, 5) is 7.25. The van der Waals surface area contributed by atoms with Gasteiger partial charge in [-0.25, -0.2) is 0 Å². The number of rotatable bonds is 8. The minimum absolute atomic E-state index is 0.343. The van der Waals surface area contributed by atoms with Crippen molar-refractivity contribution >= 4 is 17.7 Å². The van der Waals surface area contributed by atoms with Crippen molar-refractivity contribution in [3.8, 4) is 0 Å². The zero-order valence-corrected chi connectivity index (χ0v) is 15.4. The highest BCUT2D eigenvalue weighted by Crippen LogP contribution is 2.37. The highest BCUT2D eigenvalue weighted by atomic mass is 32.2. The Bertz CT molecular complexity index is 311. The molecule has 1 rings (SSSR count). The van der Waals surface area contributed by atoms with Crippen molar-refractivity contribution < 1.29 is 0 Å². The Morgan fingerprint density at radius 2 is 2.10 bits per heavy atom. The van der Waals surface area contributed by atoms with E-state index in [0.29, 0.717) is 10.8 Å². The van der Waals surface area contributed by atoms with Crippen molar-refractivity contribution in [3.05, 3.63) is 0 Å². The van der Waals surface area contributed by atoms with Gasteiger partial charge in [-0.3, -0.25) is 9.89 Å². The number of nitrogens with one attached hydrogen (secondary N) is 2. The van der Waals surface area contributed by atoms with Crippen molar-refractivity contribution in [1.29, 1.82) is 0 Å². The predicted octanol–water partition coefficient (Wildman–Crippen LogP) is 2.56. The molecule has 0 radical (unpaired) electrons. The van der Waals surface area contributed by atoms with Gasteiger partial charge in [0.25, 0.3) is 0 Å². The first-order valence-corrected chi connectivity index (χ1v) is 9.39. The van der Waals surface area contributed by atoms with Gasteiger partial charge in [0, 0.05) is 30.4 Å². The van der Waals surface area contributed by atoms with Crippen molar-refractivity contribution in [2.75, 3.05) is 38.5 Å². The van der Waals surface area contributed by atoms with Crippen LogP contribution in [0.4, 0.5) is 0 Å². The van der Waals surface area contributed by atoms with Crippen LogP contribution in [0, 0.1) is 0 Å². The zero-order chi connectivity index (χ0) is 15.7. The maximum atomic E-state index is 4.79. The van der Waals surface area contributed by atoms with E-state index in [1.165, 1.54) is 18.6 Å². The number of hydrogen-bond acceptors (Lipinski definition) is 3. The topological polar surface area (TPSA) is 39.7 Å². The number of nitrogens with zero attached hydrogens (tertiary/aromatic N) is 2. The molecule has 1 fully saturated rings. The molecule has 0 aromatic carbocycles. The molecule has 21 heavy (non-hydrogen) atoms. The number of likely N-dealkylation sites (N-methyl/N-ethyl adjacent to an activating group) is 1. The lowest BCUT2D eigenvalue weighted by Gasteiger charge is -2.25. The van der Waals surface area contributed by atoms with Crippen LogP contribution in [-0.4, -0.2) is 60.1 Å². The first-order valence-electron chi connectivity index (χ1n) is 8.41. The third kappa shape index (κ3) is 6.92. The van der Waals surface area contributed by atoms with E-state index < -0.39 is 0 Å². The van der Waals surface area contributed by atoms with Gasteiger partial charge in [0.15, 0.2) is 5.96 Å². The summed E-state index contributed by atoms with van der Waals surface area (Å²) in [5, 5.41) is 6.83. The molecule has 1 saturated heterocycles. The van der Waals surface area contributed by atoms with E-state index in [9.17, 15) is 0 Å². The molecule has 4 nitrogen and oxygen atoms in total.